The van der Waals surface area contributed by atoms with Crippen LogP contribution in [0.1, 0.15) is 51.4 Å². The van der Waals surface area contributed by atoms with Gasteiger partial charge in [0.05, 0.1) is 39.1 Å². The molecule has 4 aromatic rings. The Labute approximate surface area is 310 Å². The zero-order valence-corrected chi connectivity index (χ0v) is 30.4. The smallest absolute Gasteiger partial charge is 0.415 e. The van der Waals surface area contributed by atoms with Crippen LogP contribution in [-0.4, -0.2) is 74.3 Å². The second-order valence-electron chi connectivity index (χ2n) is 12.9. The van der Waals surface area contributed by atoms with E-state index in [1.165, 1.54) is 56.8 Å². The van der Waals surface area contributed by atoms with Gasteiger partial charge in [0.15, 0.2) is 17.3 Å². The SMILES string of the molecule is COc1ccc(N(Cc2ccc(C(=O)O)c([C@@H](Cc3c(Cl)c[n+](O)cc3Cl)c3ccc(OC)c(OC)c3)c2)C(=O)O[C@H]2CN3CCC2CC3)c(F)c1. The largest absolute Gasteiger partial charge is 0.497 e. The van der Waals surface area contributed by atoms with Crippen LogP contribution >= 0.6 is 23.2 Å². The summed E-state index contributed by atoms with van der Waals surface area (Å²) >= 11 is 13.1. The standard InChI is InChI=1S/C38H38Cl2FN3O8/c1-49-25-6-8-33(32(41)16-25)44(38(47)52-36-21-42-12-10-23(36)11-13-42)18-22-4-7-26(37(45)46)28(14-22)27(17-29-30(39)19-43(48)20-31(29)40)24-5-9-34(50-2)35(15-24)51-3/h4-9,14-16,19-20,23,27,36H,10-13,17-18,21H2,1-3H3,(H-,45,46,48)/p+1/t27-,36-/m0/s1. The van der Waals surface area contributed by atoms with Crippen LogP contribution in [0.2, 0.25) is 10.0 Å². The second kappa shape index (κ2) is 15.9. The summed E-state index contributed by atoms with van der Waals surface area (Å²) in [6.45, 7) is 2.37. The first-order valence-corrected chi connectivity index (χ1v) is 17.5. The van der Waals surface area contributed by atoms with Crippen LogP contribution in [0.4, 0.5) is 14.9 Å². The molecule has 14 heteroatoms. The summed E-state index contributed by atoms with van der Waals surface area (Å²) in [6.07, 6.45) is 3.45. The van der Waals surface area contributed by atoms with Crippen molar-refractivity contribution in [2.45, 2.75) is 37.8 Å². The molecule has 0 spiro atoms. The van der Waals surface area contributed by atoms with Crippen LogP contribution in [0.5, 0.6) is 17.2 Å². The molecule has 274 valence electrons. The van der Waals surface area contributed by atoms with Gasteiger partial charge in [0.2, 0.25) is 12.4 Å². The highest BCUT2D eigenvalue weighted by Crippen LogP contribution is 2.40. The van der Waals surface area contributed by atoms with Crippen LogP contribution in [0, 0.1) is 11.7 Å². The van der Waals surface area contributed by atoms with Gasteiger partial charge in [0, 0.05) is 28.8 Å². The fourth-order valence-corrected chi connectivity index (χ4v) is 7.72. The van der Waals surface area contributed by atoms with E-state index in [0.717, 1.165) is 30.7 Å². The van der Waals surface area contributed by atoms with Crippen molar-refractivity contribution in [2.75, 3.05) is 45.9 Å². The lowest BCUT2D eigenvalue weighted by molar-refractivity contribution is -0.904. The number of piperidine rings is 3. The van der Waals surface area contributed by atoms with Crippen molar-refractivity contribution in [1.29, 1.82) is 0 Å². The molecule has 1 aromatic heterocycles. The number of fused-ring (bicyclic) bond motifs is 3. The quantitative estimate of drug-likeness (QED) is 0.116. The van der Waals surface area contributed by atoms with E-state index >= 15 is 4.39 Å². The summed E-state index contributed by atoms with van der Waals surface area (Å²) in [7, 11) is 4.42. The van der Waals surface area contributed by atoms with Gasteiger partial charge in [-0.2, -0.15) is 0 Å². The molecular weight excluding hydrogens is 716 g/mol. The Morgan fingerprint density at radius 1 is 0.962 bits per heavy atom. The van der Waals surface area contributed by atoms with Crippen LogP contribution in [0.3, 0.4) is 0 Å². The number of methoxy groups -OCH3 is 3. The normalized spacial score (nSPS) is 18.4. The summed E-state index contributed by atoms with van der Waals surface area (Å²) < 4.78 is 38.7. The van der Waals surface area contributed by atoms with Gasteiger partial charge in [-0.1, -0.05) is 41.4 Å². The summed E-state index contributed by atoms with van der Waals surface area (Å²) in [5.41, 5.74) is 1.94. The molecule has 3 aliphatic heterocycles. The van der Waals surface area contributed by atoms with Crippen LogP contribution < -0.4 is 23.8 Å². The molecule has 3 fully saturated rings. The Bertz CT molecular complexity index is 1950. The molecule has 0 aliphatic carbocycles. The van der Waals surface area contributed by atoms with Crippen molar-refractivity contribution in [3.63, 3.8) is 0 Å². The summed E-state index contributed by atoms with van der Waals surface area (Å²) in [5.74, 6) is -1.20. The molecule has 2 N–H and O–H groups in total. The summed E-state index contributed by atoms with van der Waals surface area (Å²) in [6, 6.07) is 14.2. The van der Waals surface area contributed by atoms with Crippen molar-refractivity contribution in [1.82, 2.24) is 4.90 Å². The fourth-order valence-electron chi connectivity index (χ4n) is 7.11. The van der Waals surface area contributed by atoms with Crippen molar-refractivity contribution >= 4 is 41.0 Å². The maximum atomic E-state index is 15.7. The lowest BCUT2D eigenvalue weighted by atomic mass is 9.82. The predicted molar refractivity (Wildman–Crippen MR) is 191 cm³/mol. The number of carbonyl (C=O) groups excluding carboxylic acids is 1. The number of benzene rings is 3. The number of amides is 1. The molecule has 4 heterocycles. The molecule has 52 heavy (non-hydrogen) atoms. The molecule has 1 amide bonds. The third kappa shape index (κ3) is 7.84. The number of halogens is 3. The van der Waals surface area contributed by atoms with Gasteiger partial charge in [0.25, 0.3) is 0 Å². The van der Waals surface area contributed by atoms with E-state index in [1.54, 1.807) is 36.4 Å². The highest BCUT2D eigenvalue weighted by Gasteiger charge is 2.38. The van der Waals surface area contributed by atoms with E-state index in [2.05, 4.69) is 4.90 Å². The number of hydrogen-bond acceptors (Lipinski definition) is 8. The van der Waals surface area contributed by atoms with Crippen LogP contribution in [0.25, 0.3) is 0 Å². The monoisotopic (exact) mass is 754 g/mol. The number of hydrogen-bond donors (Lipinski definition) is 2. The van der Waals surface area contributed by atoms with Gasteiger partial charge in [-0.25, -0.2) is 14.0 Å². The maximum absolute atomic E-state index is 15.7. The van der Waals surface area contributed by atoms with E-state index < -0.39 is 23.8 Å². The third-order valence-corrected chi connectivity index (χ3v) is 10.5. The molecule has 11 nitrogen and oxygen atoms in total. The van der Waals surface area contributed by atoms with E-state index in [9.17, 15) is 19.9 Å². The Morgan fingerprint density at radius 3 is 2.27 bits per heavy atom. The Kier molecular flexibility index (Phi) is 11.3. The topological polar surface area (TPSA) is 122 Å². The zero-order valence-electron chi connectivity index (χ0n) is 28.9. The van der Waals surface area contributed by atoms with Gasteiger partial charge in [0.1, 0.15) is 21.9 Å². The number of nitrogens with zero attached hydrogens (tertiary/aromatic N) is 3. The number of ether oxygens (including phenoxy) is 4. The number of anilines is 1. The van der Waals surface area contributed by atoms with Crippen molar-refractivity contribution in [3.05, 3.63) is 111 Å². The predicted octanol–water partition coefficient (Wildman–Crippen LogP) is 6.99. The first-order chi connectivity index (χ1) is 25.0. The molecule has 7 rings (SSSR count). The lowest BCUT2D eigenvalue weighted by Gasteiger charge is -2.44. The molecule has 2 bridgehead atoms. The minimum atomic E-state index is -1.19. The van der Waals surface area contributed by atoms with E-state index in [1.807, 2.05) is 0 Å². The summed E-state index contributed by atoms with van der Waals surface area (Å²) in [5, 5.41) is 20.8. The minimum absolute atomic E-state index is 0.0130. The maximum Gasteiger partial charge on any atom is 0.415 e. The average Bonchev–Trinajstić information content (AvgIpc) is 3.13. The van der Waals surface area contributed by atoms with Crippen LogP contribution in [-0.2, 0) is 17.7 Å². The van der Waals surface area contributed by atoms with Gasteiger partial charge >= 0.3 is 12.1 Å². The van der Waals surface area contributed by atoms with Gasteiger partial charge in [-0.05, 0) is 85.3 Å². The molecule has 3 aliphatic rings. The number of pyridine rings is 1. The molecule has 3 saturated heterocycles. The molecule has 3 aromatic carbocycles. The number of carboxylic acid groups (broad SMARTS) is 1. The highest BCUT2D eigenvalue weighted by molar-refractivity contribution is 6.35. The van der Waals surface area contributed by atoms with E-state index in [4.69, 9.17) is 42.1 Å². The van der Waals surface area contributed by atoms with Crippen molar-refractivity contribution in [3.8, 4) is 17.2 Å². The second-order valence-corrected chi connectivity index (χ2v) is 13.7. The fraction of sp³-hybridized carbons (Fsp3) is 0.342. The highest BCUT2D eigenvalue weighted by atomic mass is 35.5. The van der Waals surface area contributed by atoms with Gasteiger partial charge in [-0.3, -0.25) is 15.0 Å². The average molecular weight is 756 g/mol. The van der Waals surface area contributed by atoms with Gasteiger partial charge < -0.3 is 24.1 Å². The number of carbonyl (C=O) groups is 2. The third-order valence-electron chi connectivity index (χ3n) is 9.86. The first-order valence-electron chi connectivity index (χ1n) is 16.7. The molecule has 0 radical (unpaired) electrons. The van der Waals surface area contributed by atoms with E-state index in [-0.39, 0.29) is 52.0 Å². The van der Waals surface area contributed by atoms with Crippen molar-refractivity contribution in [2.24, 2.45) is 5.92 Å². The Balaban J connectivity index is 1.44. The molecule has 0 saturated carbocycles. The summed E-state index contributed by atoms with van der Waals surface area (Å²) in [4.78, 5) is 30.3. The lowest BCUT2D eigenvalue weighted by Crippen LogP contribution is -2.53. The number of aromatic carboxylic acids is 1. The molecule has 2 atom stereocenters. The first kappa shape index (κ1) is 37.0. The Hall–Kier alpha value is -4.78. The van der Waals surface area contributed by atoms with Gasteiger partial charge in [-0.15, -0.1) is 0 Å². The van der Waals surface area contributed by atoms with E-state index in [0.29, 0.717) is 40.3 Å². The zero-order chi connectivity index (χ0) is 37.1. The molecular formula is C38H39Cl2FN3O8+. The minimum Gasteiger partial charge on any atom is -0.497 e. The Morgan fingerprint density at radius 2 is 1.67 bits per heavy atom. The molecule has 0 unspecified atom stereocenters. The van der Waals surface area contributed by atoms with Crippen LogP contribution in [0.15, 0.2) is 67.0 Å². The number of aromatic nitrogens is 1. The number of rotatable bonds is 12. The number of carboxylic acids is 1. The van der Waals surface area contributed by atoms with Crippen molar-refractivity contribution < 1.29 is 48.0 Å².